The first-order chi connectivity index (χ1) is 12.1. The highest BCUT2D eigenvalue weighted by Crippen LogP contribution is 2.38. The third kappa shape index (κ3) is 2.90. The van der Waals surface area contributed by atoms with Gasteiger partial charge in [0.15, 0.2) is 0 Å². The fraction of sp³-hybridized carbons (Fsp3) is 0.300. The minimum atomic E-state index is -0.204. The molecule has 4 nitrogen and oxygen atoms in total. The van der Waals surface area contributed by atoms with Crippen LogP contribution in [-0.2, 0) is 0 Å². The Hall–Kier alpha value is -2.69. The predicted molar refractivity (Wildman–Crippen MR) is 96.1 cm³/mol. The van der Waals surface area contributed by atoms with Crippen molar-refractivity contribution in [1.29, 1.82) is 0 Å². The molecule has 1 N–H and O–H groups in total. The van der Waals surface area contributed by atoms with Crippen LogP contribution in [-0.4, -0.2) is 14.8 Å². The van der Waals surface area contributed by atoms with Crippen molar-refractivity contribution in [2.75, 3.05) is 5.32 Å². The van der Waals surface area contributed by atoms with Gasteiger partial charge in [-0.05, 0) is 29.5 Å². The first-order valence-corrected chi connectivity index (χ1v) is 8.64. The summed E-state index contributed by atoms with van der Waals surface area (Å²) in [6, 6.07) is 15.4. The summed E-state index contributed by atoms with van der Waals surface area (Å²) in [5.41, 5.74) is 3.15. The summed E-state index contributed by atoms with van der Waals surface area (Å²) in [6.07, 6.45) is 2.23. The van der Waals surface area contributed by atoms with Gasteiger partial charge in [0.2, 0.25) is 5.95 Å². The molecule has 0 amide bonds. The zero-order valence-corrected chi connectivity index (χ0v) is 14.4. The summed E-state index contributed by atoms with van der Waals surface area (Å²) in [6.45, 7) is 4.37. The van der Waals surface area contributed by atoms with Gasteiger partial charge in [-0.15, -0.1) is 0 Å². The molecule has 0 fully saturated rings. The fourth-order valence-corrected chi connectivity index (χ4v) is 3.46. The van der Waals surface area contributed by atoms with Gasteiger partial charge in [-0.1, -0.05) is 56.3 Å². The fourth-order valence-electron chi connectivity index (χ4n) is 3.46. The molecule has 25 heavy (non-hydrogen) atoms. The Morgan fingerprint density at radius 2 is 1.88 bits per heavy atom. The van der Waals surface area contributed by atoms with Crippen LogP contribution in [0.15, 0.2) is 54.9 Å². The molecular formula is C20H21FN4. The van der Waals surface area contributed by atoms with E-state index in [2.05, 4.69) is 53.5 Å². The SMILES string of the molecule is CC(C)c1ccc([C@H]2C[C@@H](c3ccccc3F)n3ncnc3N2)cc1. The first-order valence-electron chi connectivity index (χ1n) is 8.64. The molecule has 1 aliphatic heterocycles. The topological polar surface area (TPSA) is 42.7 Å². The number of hydrogen-bond donors (Lipinski definition) is 1. The third-order valence-electron chi connectivity index (χ3n) is 4.90. The average molecular weight is 336 g/mol. The van der Waals surface area contributed by atoms with Crippen molar-refractivity contribution in [3.63, 3.8) is 0 Å². The molecule has 0 aliphatic carbocycles. The van der Waals surface area contributed by atoms with Crippen LogP contribution in [0.1, 0.15) is 55.0 Å². The molecule has 1 aliphatic rings. The number of fused-ring (bicyclic) bond motifs is 1. The van der Waals surface area contributed by atoms with Crippen LogP contribution >= 0.6 is 0 Å². The summed E-state index contributed by atoms with van der Waals surface area (Å²) < 4.78 is 16.1. The van der Waals surface area contributed by atoms with Crippen molar-refractivity contribution >= 4 is 5.95 Å². The Bertz CT molecular complexity index is 869. The summed E-state index contributed by atoms with van der Waals surface area (Å²) in [7, 11) is 0. The summed E-state index contributed by atoms with van der Waals surface area (Å²) in [5.74, 6) is 0.977. The van der Waals surface area contributed by atoms with E-state index in [0.29, 0.717) is 17.4 Å². The number of nitrogens with one attached hydrogen (secondary N) is 1. The highest BCUT2D eigenvalue weighted by atomic mass is 19.1. The molecule has 0 unspecified atom stereocenters. The Morgan fingerprint density at radius 3 is 2.60 bits per heavy atom. The number of anilines is 1. The predicted octanol–water partition coefficient (Wildman–Crippen LogP) is 4.69. The van der Waals surface area contributed by atoms with Crippen LogP contribution < -0.4 is 5.32 Å². The Labute approximate surface area is 146 Å². The summed E-state index contributed by atoms with van der Waals surface area (Å²) in [4.78, 5) is 4.30. The molecule has 2 aromatic carbocycles. The van der Waals surface area contributed by atoms with Crippen LogP contribution in [0.2, 0.25) is 0 Å². The van der Waals surface area contributed by atoms with E-state index in [1.165, 1.54) is 23.5 Å². The zero-order chi connectivity index (χ0) is 17.4. The highest BCUT2D eigenvalue weighted by Gasteiger charge is 2.31. The standard InChI is InChI=1S/C20H21FN4/c1-13(2)14-7-9-15(10-8-14)18-11-19(16-5-3-4-6-17(16)21)25-20(24-18)22-12-23-25/h3-10,12-13,18-19H,11H2,1-2H3,(H,22,23,24)/t18-,19+/m1/s1. The lowest BCUT2D eigenvalue weighted by Crippen LogP contribution is -2.28. The number of halogens is 1. The maximum atomic E-state index is 14.4. The molecule has 1 aromatic heterocycles. The Kier molecular flexibility index (Phi) is 3.99. The Morgan fingerprint density at radius 1 is 1.12 bits per heavy atom. The van der Waals surface area contributed by atoms with Crippen molar-refractivity contribution < 1.29 is 4.39 Å². The smallest absolute Gasteiger partial charge is 0.222 e. The minimum absolute atomic E-state index is 0.0718. The molecule has 0 bridgehead atoms. The van der Waals surface area contributed by atoms with Gasteiger partial charge >= 0.3 is 0 Å². The van der Waals surface area contributed by atoms with Crippen molar-refractivity contribution in [2.45, 2.75) is 38.3 Å². The molecule has 0 radical (unpaired) electrons. The molecule has 128 valence electrons. The van der Waals surface area contributed by atoms with Gasteiger partial charge in [-0.2, -0.15) is 10.1 Å². The molecule has 0 spiro atoms. The summed E-state index contributed by atoms with van der Waals surface area (Å²) in [5, 5.41) is 7.73. The van der Waals surface area contributed by atoms with Crippen LogP contribution in [0, 0.1) is 5.82 Å². The summed E-state index contributed by atoms with van der Waals surface area (Å²) >= 11 is 0. The zero-order valence-electron chi connectivity index (χ0n) is 14.4. The van der Waals surface area contributed by atoms with E-state index >= 15 is 0 Å². The van der Waals surface area contributed by atoms with Gasteiger partial charge < -0.3 is 5.32 Å². The van der Waals surface area contributed by atoms with E-state index in [1.807, 2.05) is 12.1 Å². The van der Waals surface area contributed by atoms with Gasteiger partial charge in [0.05, 0.1) is 12.1 Å². The second-order valence-corrected chi connectivity index (χ2v) is 6.82. The Balaban J connectivity index is 1.70. The first kappa shape index (κ1) is 15.8. The van der Waals surface area contributed by atoms with E-state index in [0.717, 1.165) is 6.42 Å². The average Bonchev–Trinajstić information content (AvgIpc) is 3.10. The van der Waals surface area contributed by atoms with Crippen LogP contribution in [0.5, 0.6) is 0 Å². The lowest BCUT2D eigenvalue weighted by molar-refractivity contribution is 0.415. The van der Waals surface area contributed by atoms with E-state index < -0.39 is 0 Å². The quantitative estimate of drug-likeness (QED) is 0.755. The van der Waals surface area contributed by atoms with E-state index in [-0.39, 0.29) is 17.9 Å². The molecule has 0 saturated carbocycles. The molecule has 4 rings (SSSR count). The lowest BCUT2D eigenvalue weighted by Gasteiger charge is -2.32. The highest BCUT2D eigenvalue weighted by molar-refractivity contribution is 5.39. The number of nitrogens with zero attached hydrogens (tertiary/aromatic N) is 3. The number of benzene rings is 2. The van der Waals surface area contributed by atoms with E-state index in [9.17, 15) is 4.39 Å². The van der Waals surface area contributed by atoms with Gasteiger partial charge in [0.1, 0.15) is 12.1 Å². The van der Waals surface area contributed by atoms with Crippen molar-refractivity contribution in [1.82, 2.24) is 14.8 Å². The largest absolute Gasteiger partial charge is 0.348 e. The van der Waals surface area contributed by atoms with Crippen molar-refractivity contribution in [3.05, 3.63) is 77.4 Å². The van der Waals surface area contributed by atoms with Gasteiger partial charge in [0.25, 0.3) is 0 Å². The third-order valence-corrected chi connectivity index (χ3v) is 4.90. The van der Waals surface area contributed by atoms with Crippen molar-refractivity contribution in [2.24, 2.45) is 0 Å². The maximum Gasteiger partial charge on any atom is 0.222 e. The second-order valence-electron chi connectivity index (χ2n) is 6.82. The molecule has 3 aromatic rings. The molecule has 0 saturated heterocycles. The molecule has 2 heterocycles. The normalized spacial score (nSPS) is 19.5. The monoisotopic (exact) mass is 336 g/mol. The number of aromatic nitrogens is 3. The van der Waals surface area contributed by atoms with Gasteiger partial charge in [-0.3, -0.25) is 0 Å². The molecule has 2 atom stereocenters. The maximum absolute atomic E-state index is 14.4. The minimum Gasteiger partial charge on any atom is -0.348 e. The number of rotatable bonds is 3. The number of hydrogen-bond acceptors (Lipinski definition) is 3. The molecule has 5 heteroatoms. The van der Waals surface area contributed by atoms with Crippen LogP contribution in [0.25, 0.3) is 0 Å². The second kappa shape index (κ2) is 6.31. The van der Waals surface area contributed by atoms with E-state index in [4.69, 9.17) is 0 Å². The van der Waals surface area contributed by atoms with E-state index in [1.54, 1.807) is 10.7 Å². The van der Waals surface area contributed by atoms with Gasteiger partial charge in [-0.25, -0.2) is 9.07 Å². The lowest BCUT2D eigenvalue weighted by atomic mass is 9.92. The van der Waals surface area contributed by atoms with Crippen LogP contribution in [0.3, 0.4) is 0 Å². The molecular weight excluding hydrogens is 315 g/mol. The van der Waals surface area contributed by atoms with Crippen molar-refractivity contribution in [3.8, 4) is 0 Å². The van der Waals surface area contributed by atoms with Crippen LogP contribution in [0.4, 0.5) is 10.3 Å². The van der Waals surface area contributed by atoms with Gasteiger partial charge in [0, 0.05) is 5.56 Å².